The van der Waals surface area contributed by atoms with Gasteiger partial charge in [-0.25, -0.2) is 13.6 Å². The van der Waals surface area contributed by atoms with Gasteiger partial charge in [0.05, 0.1) is 22.3 Å². The quantitative estimate of drug-likeness (QED) is 0.544. The van der Waals surface area contributed by atoms with Crippen molar-refractivity contribution < 1.29 is 27.5 Å². The Balaban J connectivity index is 1.87. The van der Waals surface area contributed by atoms with Crippen molar-refractivity contribution in [3.8, 4) is 11.3 Å². The van der Waals surface area contributed by atoms with Crippen LogP contribution in [0.2, 0.25) is 0 Å². The van der Waals surface area contributed by atoms with Gasteiger partial charge < -0.3 is 14.3 Å². The highest BCUT2D eigenvalue weighted by atomic mass is 32.2. The number of carbonyl (C=O) groups is 2. The molecule has 140 valence electrons. The summed E-state index contributed by atoms with van der Waals surface area (Å²) in [5, 5.41) is 15.8. The van der Waals surface area contributed by atoms with Crippen LogP contribution in [-0.4, -0.2) is 36.1 Å². The summed E-state index contributed by atoms with van der Waals surface area (Å²) in [6.07, 6.45) is 1.43. The zero-order valence-corrected chi connectivity index (χ0v) is 15.9. The highest BCUT2D eigenvalue weighted by molar-refractivity contribution is 8.26. The first-order valence-electron chi connectivity index (χ1n) is 7.33. The highest BCUT2D eigenvalue weighted by Gasteiger charge is 2.32. The molecular weight excluding hydrogens is 412 g/mol. The van der Waals surface area contributed by atoms with Gasteiger partial charge in [0.25, 0.3) is 5.91 Å². The molecule has 3 rings (SSSR count). The molecule has 1 amide bonds. The number of benzene rings is 1. The number of nitrogens with two attached hydrogens (primary N) is 1. The lowest BCUT2D eigenvalue weighted by Crippen LogP contribution is -2.40. The normalized spacial score (nSPS) is 16.3. The number of amides is 1. The second-order valence-corrected chi connectivity index (χ2v) is 8.65. The Kier molecular flexibility index (Phi) is 5.20. The number of furan rings is 1. The minimum absolute atomic E-state index is 0.0545. The van der Waals surface area contributed by atoms with Crippen LogP contribution in [0.4, 0.5) is 0 Å². The van der Waals surface area contributed by atoms with E-state index in [4.69, 9.17) is 21.8 Å². The van der Waals surface area contributed by atoms with E-state index in [-0.39, 0.29) is 14.1 Å². The Bertz CT molecular complexity index is 1090. The smallest absolute Gasteiger partial charge is 0.266 e. The van der Waals surface area contributed by atoms with Crippen LogP contribution in [-0.2, 0) is 19.6 Å². The van der Waals surface area contributed by atoms with Gasteiger partial charge in [-0.2, -0.15) is 0 Å². The van der Waals surface area contributed by atoms with Gasteiger partial charge >= 0.3 is 0 Å². The minimum atomic E-state index is -3.85. The number of carboxylic acids is 1. The molecule has 0 saturated carbocycles. The number of carbonyl (C=O) groups excluding carboxylic acids is 2. The molecule has 1 saturated heterocycles. The lowest BCUT2D eigenvalue weighted by Gasteiger charge is -2.14. The van der Waals surface area contributed by atoms with Crippen LogP contribution in [0.15, 0.2) is 50.6 Å². The first-order chi connectivity index (χ1) is 12.6. The van der Waals surface area contributed by atoms with Gasteiger partial charge in [-0.15, -0.1) is 0 Å². The molecule has 0 spiro atoms. The van der Waals surface area contributed by atoms with Gasteiger partial charge in [-0.3, -0.25) is 9.69 Å². The SMILES string of the molecule is NS(=O)(=O)c1cccc(-c2ccc(/C=C3/SC(=S)N(CC(=O)[O-])C3=O)o2)c1. The second kappa shape index (κ2) is 7.27. The molecule has 0 bridgehead atoms. The summed E-state index contributed by atoms with van der Waals surface area (Å²) in [6, 6.07) is 9.11. The summed E-state index contributed by atoms with van der Waals surface area (Å²) in [4.78, 5) is 24.0. The molecule has 0 atom stereocenters. The monoisotopic (exact) mass is 423 g/mol. The van der Waals surface area contributed by atoms with Crippen molar-refractivity contribution in [3.05, 3.63) is 47.1 Å². The Morgan fingerprint density at radius 3 is 2.74 bits per heavy atom. The van der Waals surface area contributed by atoms with E-state index in [0.29, 0.717) is 17.1 Å². The average molecular weight is 423 g/mol. The summed E-state index contributed by atoms with van der Waals surface area (Å²) in [5.41, 5.74) is 0.491. The third-order valence-electron chi connectivity index (χ3n) is 3.51. The predicted octanol–water partition coefficient (Wildman–Crippen LogP) is 0.545. The maximum absolute atomic E-state index is 12.2. The molecule has 11 heteroatoms. The largest absolute Gasteiger partial charge is 0.548 e. The molecule has 8 nitrogen and oxygen atoms in total. The first-order valence-corrected chi connectivity index (χ1v) is 10.1. The van der Waals surface area contributed by atoms with Gasteiger partial charge in [-0.1, -0.05) is 36.1 Å². The maximum Gasteiger partial charge on any atom is 0.266 e. The standard InChI is InChI=1S/C16H12N2O6S3/c17-27(22,23)11-3-1-2-9(6-11)12-5-4-10(24-12)7-13-15(21)18(8-14(19)20)16(25)26-13/h1-7H,8H2,(H,19,20)(H2,17,22,23)/p-1/b13-7+. The van der Waals surface area contributed by atoms with Crippen LogP contribution in [0, 0.1) is 0 Å². The summed E-state index contributed by atoms with van der Waals surface area (Å²) >= 11 is 5.95. The molecule has 27 heavy (non-hydrogen) atoms. The van der Waals surface area contributed by atoms with Crippen molar-refractivity contribution in [3.63, 3.8) is 0 Å². The molecule has 2 N–H and O–H groups in total. The molecule has 1 aromatic heterocycles. The van der Waals surface area contributed by atoms with Gasteiger partial charge in [0.1, 0.15) is 15.8 Å². The van der Waals surface area contributed by atoms with Gasteiger partial charge in [0.15, 0.2) is 0 Å². The molecule has 2 heterocycles. The molecule has 1 aliphatic rings. The van der Waals surface area contributed by atoms with Gasteiger partial charge in [0, 0.05) is 11.6 Å². The summed E-state index contributed by atoms with van der Waals surface area (Å²) in [6.45, 7) is -0.619. The van der Waals surface area contributed by atoms with Crippen molar-refractivity contribution in [2.24, 2.45) is 5.14 Å². The van der Waals surface area contributed by atoms with Crippen molar-refractivity contribution in [1.82, 2.24) is 4.90 Å². The van der Waals surface area contributed by atoms with E-state index in [1.807, 2.05) is 0 Å². The molecule has 0 radical (unpaired) electrons. The van der Waals surface area contributed by atoms with Crippen LogP contribution in [0.1, 0.15) is 5.76 Å². The van der Waals surface area contributed by atoms with Crippen molar-refractivity contribution >= 4 is 56.3 Å². The molecule has 2 aromatic rings. The van der Waals surface area contributed by atoms with Crippen LogP contribution < -0.4 is 10.2 Å². The van der Waals surface area contributed by atoms with Crippen molar-refractivity contribution in [1.29, 1.82) is 0 Å². The average Bonchev–Trinajstić information content (AvgIpc) is 3.15. The van der Waals surface area contributed by atoms with E-state index in [2.05, 4.69) is 0 Å². The van der Waals surface area contributed by atoms with E-state index in [1.54, 1.807) is 18.2 Å². The Morgan fingerprint density at radius 2 is 2.07 bits per heavy atom. The maximum atomic E-state index is 12.2. The summed E-state index contributed by atoms with van der Waals surface area (Å²) in [7, 11) is -3.85. The van der Waals surface area contributed by atoms with Gasteiger partial charge in [0.2, 0.25) is 10.0 Å². The molecule has 0 unspecified atom stereocenters. The van der Waals surface area contributed by atoms with E-state index in [1.165, 1.54) is 24.3 Å². The number of primary sulfonamides is 1. The number of thiocarbonyl (C=S) groups is 1. The summed E-state index contributed by atoms with van der Waals surface area (Å²) < 4.78 is 28.7. The number of rotatable bonds is 5. The molecule has 1 aromatic carbocycles. The van der Waals surface area contributed by atoms with E-state index < -0.39 is 28.4 Å². The number of sulfonamides is 1. The summed E-state index contributed by atoms with van der Waals surface area (Å²) in [5.74, 6) is -1.28. The number of hydrogen-bond acceptors (Lipinski definition) is 8. The zero-order valence-electron chi connectivity index (χ0n) is 13.4. The van der Waals surface area contributed by atoms with E-state index in [0.717, 1.165) is 16.7 Å². The first kappa shape index (κ1) is 19.3. The molecule has 1 fully saturated rings. The number of carboxylic acid groups (broad SMARTS) is 1. The Labute approximate surface area is 163 Å². The van der Waals surface area contributed by atoms with Crippen LogP contribution in [0.3, 0.4) is 0 Å². The third kappa shape index (κ3) is 4.27. The van der Waals surface area contributed by atoms with Gasteiger partial charge in [-0.05, 0) is 24.3 Å². The number of thioether (sulfide) groups is 1. The van der Waals surface area contributed by atoms with Crippen LogP contribution >= 0.6 is 24.0 Å². The molecular formula is C16H11N2O6S3-. The van der Waals surface area contributed by atoms with Crippen LogP contribution in [0.25, 0.3) is 17.4 Å². The van der Waals surface area contributed by atoms with E-state index in [9.17, 15) is 23.1 Å². The van der Waals surface area contributed by atoms with Crippen LogP contribution in [0.5, 0.6) is 0 Å². The number of aliphatic carboxylic acids is 1. The molecule has 0 aliphatic carbocycles. The van der Waals surface area contributed by atoms with Crippen molar-refractivity contribution in [2.45, 2.75) is 4.90 Å². The minimum Gasteiger partial charge on any atom is -0.548 e. The lowest BCUT2D eigenvalue weighted by atomic mass is 10.2. The fourth-order valence-electron chi connectivity index (χ4n) is 2.31. The molecule has 1 aliphatic heterocycles. The lowest BCUT2D eigenvalue weighted by molar-refractivity contribution is -0.305. The topological polar surface area (TPSA) is 134 Å². The van der Waals surface area contributed by atoms with Crippen molar-refractivity contribution in [2.75, 3.05) is 6.54 Å². The predicted molar refractivity (Wildman–Crippen MR) is 100 cm³/mol. The third-order valence-corrected chi connectivity index (χ3v) is 5.80. The number of nitrogens with zero attached hydrogens (tertiary/aromatic N) is 1. The second-order valence-electron chi connectivity index (χ2n) is 5.41. The van der Waals surface area contributed by atoms with E-state index >= 15 is 0 Å². The number of hydrogen-bond donors (Lipinski definition) is 1. The Morgan fingerprint density at radius 1 is 1.33 bits per heavy atom. The highest BCUT2D eigenvalue weighted by Crippen LogP contribution is 2.33. The fourth-order valence-corrected chi connectivity index (χ4v) is 4.10. The Hall–Kier alpha value is -2.47. The fraction of sp³-hybridized carbons (Fsp3) is 0.0625. The zero-order chi connectivity index (χ0) is 19.8.